The number of carbonyl (C=O) groups excluding carboxylic acids is 3. The zero-order valence-electron chi connectivity index (χ0n) is 61.9. The van der Waals surface area contributed by atoms with E-state index >= 15 is 0 Å². The van der Waals surface area contributed by atoms with Gasteiger partial charge in [-0.1, -0.05) is 276 Å². The van der Waals surface area contributed by atoms with Crippen molar-refractivity contribution < 1.29 is 75.8 Å². The molecule has 0 saturated heterocycles. The van der Waals surface area contributed by atoms with E-state index in [9.17, 15) is 43.5 Å². The number of carbonyl (C=O) groups is 3. The van der Waals surface area contributed by atoms with Gasteiger partial charge in [-0.2, -0.15) is 0 Å². The van der Waals surface area contributed by atoms with Gasteiger partial charge in [-0.05, 0) is 141 Å². The van der Waals surface area contributed by atoms with Crippen molar-refractivity contribution in [3.63, 3.8) is 0 Å². The fourth-order valence-corrected chi connectivity index (χ4v) is 11.5. The van der Waals surface area contributed by atoms with Gasteiger partial charge in [0.1, 0.15) is 25.4 Å². The third-order valence-electron chi connectivity index (χ3n) is 15.8. The van der Waals surface area contributed by atoms with E-state index in [0.717, 1.165) is 154 Å². The molecule has 99 heavy (non-hydrogen) atoms. The minimum absolute atomic E-state index is 0.0854. The molecule has 16 nitrogen and oxygen atoms in total. The van der Waals surface area contributed by atoms with Crippen LogP contribution < -0.4 is 0 Å². The van der Waals surface area contributed by atoms with E-state index in [-0.39, 0.29) is 19.3 Å². The number of ether oxygens (including phenoxy) is 3. The molecule has 0 amide bonds. The summed E-state index contributed by atoms with van der Waals surface area (Å²) >= 11 is 0. The van der Waals surface area contributed by atoms with E-state index in [1.54, 1.807) is 0 Å². The van der Waals surface area contributed by atoms with E-state index in [1.807, 2.05) is 0 Å². The average molecular weight is 1430 g/mol. The zero-order valence-corrected chi connectivity index (χ0v) is 63.7. The molecule has 0 fully saturated rings. The number of hydrogen-bond acceptors (Lipinski definition) is 14. The Morgan fingerprint density at radius 1 is 0.293 bits per heavy atom. The Balaban J connectivity index is 4.65. The molecule has 0 heterocycles. The number of rotatable bonds is 72. The standard InChI is InChI=1S/C81H138O16P2/c1-4-7-10-13-16-19-22-25-28-30-32-34-36-37-39-41-42-44-47-49-52-55-58-61-64-67-79(84)91-70-76(82)71-93-98(87,88)94-72-77(83)73-95-99(89,90)96-75-78(97-81(86)69-66-63-60-57-54-51-46-27-24-21-18-15-12-9-6-3)74-92-80(85)68-65-62-59-56-53-50-48-45-43-40-38-35-33-31-29-26-23-20-17-14-11-8-5-2/h8,11,16-17,19-20,25-29,32-35,37,39-40,43,46,48,50,76-78,82-83H,4-7,9-10,12-15,18,21-24,30-31,36,38,41-42,44-45,47,49,51-75H2,1-3H3,(H,87,88)(H,89,90)/b11-8-,19-16-,20-17-,28-25-,29-26-,34-32-,35-33-,39-37-,43-40-,46-27-,50-48-. The second kappa shape index (κ2) is 73.4. The molecule has 0 aromatic rings. The van der Waals surface area contributed by atoms with Crippen LogP contribution in [0, 0.1) is 0 Å². The number of aliphatic hydroxyl groups is 2. The normalized spacial score (nSPS) is 14.8. The van der Waals surface area contributed by atoms with Crippen molar-refractivity contribution in [2.75, 3.05) is 39.6 Å². The minimum atomic E-state index is -4.94. The lowest BCUT2D eigenvalue weighted by molar-refractivity contribution is -0.161. The summed E-state index contributed by atoms with van der Waals surface area (Å²) in [5.41, 5.74) is 0. The van der Waals surface area contributed by atoms with Gasteiger partial charge >= 0.3 is 33.6 Å². The van der Waals surface area contributed by atoms with Crippen LogP contribution in [-0.4, -0.2) is 95.9 Å². The van der Waals surface area contributed by atoms with Crippen LogP contribution in [0.3, 0.4) is 0 Å². The number of aliphatic hydroxyl groups excluding tert-OH is 2. The second-order valence-electron chi connectivity index (χ2n) is 25.4. The summed E-state index contributed by atoms with van der Waals surface area (Å²) in [7, 11) is -9.80. The van der Waals surface area contributed by atoms with E-state index in [2.05, 4.69) is 154 Å². The molecule has 0 aliphatic rings. The third kappa shape index (κ3) is 74.7. The maximum Gasteiger partial charge on any atom is 0.472 e. The largest absolute Gasteiger partial charge is 0.472 e. The van der Waals surface area contributed by atoms with Crippen LogP contribution in [0.5, 0.6) is 0 Å². The molecular weight excluding hydrogens is 1290 g/mol. The summed E-state index contributed by atoms with van der Waals surface area (Å²) in [6, 6.07) is 0. The molecule has 0 bridgehead atoms. The molecule has 0 aliphatic heterocycles. The molecular formula is C81H138O16P2. The molecule has 18 heteroatoms. The van der Waals surface area contributed by atoms with Crippen LogP contribution in [0.2, 0.25) is 0 Å². The zero-order chi connectivity index (χ0) is 72.3. The van der Waals surface area contributed by atoms with Crippen molar-refractivity contribution in [1.82, 2.24) is 0 Å². The van der Waals surface area contributed by atoms with E-state index in [1.165, 1.54) is 89.9 Å². The lowest BCUT2D eigenvalue weighted by Crippen LogP contribution is -2.30. The van der Waals surface area contributed by atoms with Crippen LogP contribution >= 0.6 is 15.6 Å². The highest BCUT2D eigenvalue weighted by Gasteiger charge is 2.29. The molecule has 568 valence electrons. The molecule has 5 atom stereocenters. The summed E-state index contributed by atoms with van der Waals surface area (Å²) in [6.45, 7) is 2.49. The predicted octanol–water partition coefficient (Wildman–Crippen LogP) is 22.3. The first-order valence-corrected chi connectivity index (χ1v) is 41.5. The molecule has 0 aromatic heterocycles. The predicted molar refractivity (Wildman–Crippen MR) is 408 cm³/mol. The van der Waals surface area contributed by atoms with Gasteiger partial charge in [-0.15, -0.1) is 0 Å². The summed E-state index contributed by atoms with van der Waals surface area (Å²) in [4.78, 5) is 58.6. The van der Waals surface area contributed by atoms with E-state index < -0.39 is 91.5 Å². The van der Waals surface area contributed by atoms with Gasteiger partial charge in [0.05, 0.1) is 26.4 Å². The quantitative estimate of drug-likeness (QED) is 0.0146. The summed E-state index contributed by atoms with van der Waals surface area (Å²) < 4.78 is 61.1. The van der Waals surface area contributed by atoms with Crippen molar-refractivity contribution in [3.8, 4) is 0 Å². The van der Waals surface area contributed by atoms with Crippen LogP contribution in [-0.2, 0) is 55.8 Å². The highest BCUT2D eigenvalue weighted by molar-refractivity contribution is 7.47. The summed E-state index contributed by atoms with van der Waals surface area (Å²) in [6.07, 6.45) is 87.7. The van der Waals surface area contributed by atoms with Crippen molar-refractivity contribution in [1.29, 1.82) is 0 Å². The SMILES string of the molecule is CC/C=C\C/C=C\C/C=C\C/C=C\C/C=C\C/C=C\CCCCCCC(=O)OCC(COP(=O)(O)OCC(O)COP(=O)(O)OCC(O)COC(=O)CCCCCCCCCCC/C=C\C/C=C\C/C=C\C/C=C\CCCCC)OC(=O)CCCCCCC/C=C\CCCCCCCC. The minimum Gasteiger partial charge on any atom is -0.463 e. The van der Waals surface area contributed by atoms with Crippen molar-refractivity contribution in [3.05, 3.63) is 134 Å². The molecule has 0 rings (SSSR count). The highest BCUT2D eigenvalue weighted by Crippen LogP contribution is 2.45. The van der Waals surface area contributed by atoms with E-state index in [4.69, 9.17) is 32.3 Å². The maximum absolute atomic E-state index is 13.0. The van der Waals surface area contributed by atoms with Crippen LogP contribution in [0.25, 0.3) is 0 Å². The lowest BCUT2D eigenvalue weighted by atomic mass is 10.1. The molecule has 4 N–H and O–H groups in total. The Hall–Kier alpha value is -4.31. The van der Waals surface area contributed by atoms with Crippen LogP contribution in [0.4, 0.5) is 0 Å². The topological polar surface area (TPSA) is 231 Å². The van der Waals surface area contributed by atoms with Crippen LogP contribution in [0.15, 0.2) is 134 Å². The lowest BCUT2D eigenvalue weighted by Gasteiger charge is -2.21. The molecule has 0 aliphatic carbocycles. The van der Waals surface area contributed by atoms with Gasteiger partial charge in [-0.25, -0.2) is 9.13 Å². The molecule has 0 saturated carbocycles. The number of phosphoric ester groups is 2. The Kier molecular flexibility index (Phi) is 70.2. The Morgan fingerprint density at radius 3 is 0.879 bits per heavy atom. The smallest absolute Gasteiger partial charge is 0.463 e. The molecule has 0 spiro atoms. The van der Waals surface area contributed by atoms with Gasteiger partial charge in [-0.3, -0.25) is 32.5 Å². The van der Waals surface area contributed by atoms with Gasteiger partial charge < -0.3 is 34.2 Å². The van der Waals surface area contributed by atoms with Crippen molar-refractivity contribution >= 4 is 33.6 Å². The summed E-state index contributed by atoms with van der Waals surface area (Å²) in [5.74, 6) is -1.62. The third-order valence-corrected chi connectivity index (χ3v) is 17.7. The Morgan fingerprint density at radius 2 is 0.535 bits per heavy atom. The number of hydrogen-bond donors (Lipinski definition) is 4. The second-order valence-corrected chi connectivity index (χ2v) is 28.3. The first-order valence-electron chi connectivity index (χ1n) is 38.5. The number of unbranched alkanes of at least 4 members (excludes halogenated alkanes) is 27. The van der Waals surface area contributed by atoms with Crippen molar-refractivity contribution in [2.24, 2.45) is 0 Å². The van der Waals surface area contributed by atoms with Crippen LogP contribution in [0.1, 0.15) is 303 Å². The van der Waals surface area contributed by atoms with Gasteiger partial charge in [0.2, 0.25) is 0 Å². The number of esters is 3. The summed E-state index contributed by atoms with van der Waals surface area (Å²) in [5, 5.41) is 20.6. The number of phosphoric acid groups is 2. The van der Waals surface area contributed by atoms with Gasteiger partial charge in [0.25, 0.3) is 0 Å². The average Bonchev–Trinajstić information content (AvgIpc) is 1.84. The maximum atomic E-state index is 13.0. The van der Waals surface area contributed by atoms with Crippen molar-refractivity contribution in [2.45, 2.75) is 322 Å². The molecule has 0 radical (unpaired) electrons. The monoisotopic (exact) mass is 1430 g/mol. The fourth-order valence-electron chi connectivity index (χ4n) is 9.96. The highest BCUT2D eigenvalue weighted by atomic mass is 31.2. The fraction of sp³-hybridized carbons (Fsp3) is 0.691. The first kappa shape index (κ1) is 94.7. The Labute approximate surface area is 601 Å². The molecule has 5 unspecified atom stereocenters. The Bertz CT molecular complexity index is 2330. The van der Waals surface area contributed by atoms with Gasteiger partial charge in [0, 0.05) is 19.3 Å². The van der Waals surface area contributed by atoms with E-state index in [0.29, 0.717) is 19.3 Å². The molecule has 0 aromatic carbocycles. The number of allylic oxidation sites excluding steroid dienone is 22. The van der Waals surface area contributed by atoms with Gasteiger partial charge in [0.15, 0.2) is 6.10 Å². The first-order chi connectivity index (χ1) is 48.2.